The quantitative estimate of drug-likeness (QED) is 0.824. The average Bonchev–Trinajstić information content (AvgIpc) is 2.79. The van der Waals surface area contributed by atoms with Gasteiger partial charge in [0.05, 0.1) is 30.5 Å². The fraction of sp³-hybridized carbons (Fsp3) is 0.200. The van der Waals surface area contributed by atoms with Crippen LogP contribution < -0.4 is 5.32 Å². The zero-order valence-corrected chi connectivity index (χ0v) is 8.87. The number of hydrogen-bond donors (Lipinski definition) is 2. The first-order valence-electron chi connectivity index (χ1n) is 4.55. The fourth-order valence-electron chi connectivity index (χ4n) is 1.23. The van der Waals surface area contributed by atoms with Crippen LogP contribution in [0.5, 0.6) is 0 Å². The predicted molar refractivity (Wildman–Crippen MR) is 59.6 cm³/mol. The van der Waals surface area contributed by atoms with Crippen molar-refractivity contribution in [3.05, 3.63) is 40.6 Å². The molecule has 0 fully saturated rings. The summed E-state index contributed by atoms with van der Waals surface area (Å²) in [6.45, 7) is 0.733. The van der Waals surface area contributed by atoms with Crippen LogP contribution in [-0.2, 0) is 13.2 Å². The summed E-state index contributed by atoms with van der Waals surface area (Å²) in [4.78, 5) is 9.15. The van der Waals surface area contributed by atoms with E-state index in [0.717, 1.165) is 16.1 Å². The van der Waals surface area contributed by atoms with E-state index < -0.39 is 0 Å². The number of aliphatic hydroxyl groups excluding tert-OH is 1. The number of hydrogen-bond acceptors (Lipinski definition) is 5. The Labute approximate surface area is 91.6 Å². The van der Waals surface area contributed by atoms with Gasteiger partial charge in [0.15, 0.2) is 0 Å². The molecule has 0 aliphatic carbocycles. The van der Waals surface area contributed by atoms with E-state index in [1.54, 1.807) is 35.3 Å². The third-order valence-electron chi connectivity index (χ3n) is 2.02. The zero-order chi connectivity index (χ0) is 10.5. The van der Waals surface area contributed by atoms with Crippen molar-refractivity contribution in [2.45, 2.75) is 13.2 Å². The molecule has 2 aromatic heterocycles. The van der Waals surface area contributed by atoms with Crippen molar-refractivity contribution in [1.29, 1.82) is 0 Å². The zero-order valence-electron chi connectivity index (χ0n) is 8.05. The lowest BCUT2D eigenvalue weighted by atomic mass is 10.2. The molecule has 0 radical (unpaired) electrons. The number of nitrogens with one attached hydrogen (secondary N) is 1. The molecule has 2 aromatic rings. The van der Waals surface area contributed by atoms with Crippen LogP contribution in [0.25, 0.3) is 0 Å². The van der Waals surface area contributed by atoms with Crippen molar-refractivity contribution < 1.29 is 5.11 Å². The molecule has 0 unspecified atom stereocenters. The maximum Gasteiger partial charge on any atom is 0.0794 e. The van der Waals surface area contributed by atoms with Gasteiger partial charge in [0.25, 0.3) is 0 Å². The van der Waals surface area contributed by atoms with Gasteiger partial charge in [-0.25, -0.2) is 0 Å². The number of aliphatic hydroxyl groups is 1. The summed E-state index contributed by atoms with van der Waals surface area (Å²) in [5.41, 5.74) is 3.52. The normalized spacial score (nSPS) is 10.2. The van der Waals surface area contributed by atoms with Crippen molar-refractivity contribution in [1.82, 2.24) is 9.97 Å². The van der Waals surface area contributed by atoms with E-state index in [-0.39, 0.29) is 6.61 Å². The number of anilines is 1. The van der Waals surface area contributed by atoms with Crippen molar-refractivity contribution in [3.8, 4) is 0 Å². The number of rotatable bonds is 4. The molecule has 0 aromatic carbocycles. The van der Waals surface area contributed by atoms with Gasteiger partial charge in [0.2, 0.25) is 0 Å². The van der Waals surface area contributed by atoms with E-state index in [2.05, 4.69) is 15.3 Å². The Morgan fingerprint density at radius 1 is 1.33 bits per heavy atom. The maximum atomic E-state index is 9.10. The summed E-state index contributed by atoms with van der Waals surface area (Å²) in [7, 11) is 0. The smallest absolute Gasteiger partial charge is 0.0794 e. The van der Waals surface area contributed by atoms with Crippen molar-refractivity contribution >= 4 is 17.0 Å². The second-order valence-electron chi connectivity index (χ2n) is 3.01. The van der Waals surface area contributed by atoms with E-state index >= 15 is 0 Å². The highest BCUT2D eigenvalue weighted by Crippen LogP contribution is 2.15. The van der Waals surface area contributed by atoms with Crippen LogP contribution in [0.2, 0.25) is 0 Å². The molecule has 0 aliphatic rings. The van der Waals surface area contributed by atoms with Gasteiger partial charge in [-0.15, -0.1) is 11.3 Å². The molecule has 0 amide bonds. The van der Waals surface area contributed by atoms with E-state index in [9.17, 15) is 0 Å². The number of thiazole rings is 1. The lowest BCUT2D eigenvalue weighted by molar-refractivity contribution is 0.282. The molecule has 0 bridgehead atoms. The van der Waals surface area contributed by atoms with Crippen molar-refractivity contribution in [2.75, 3.05) is 5.32 Å². The molecule has 2 heterocycles. The van der Waals surface area contributed by atoms with Crippen LogP contribution >= 0.6 is 11.3 Å². The Kier molecular flexibility index (Phi) is 3.26. The van der Waals surface area contributed by atoms with Gasteiger partial charge in [-0.3, -0.25) is 9.97 Å². The molecule has 5 heteroatoms. The van der Waals surface area contributed by atoms with Crippen molar-refractivity contribution in [3.63, 3.8) is 0 Å². The molecule has 15 heavy (non-hydrogen) atoms. The molecular formula is C10H11N3OS. The molecule has 0 aliphatic heterocycles. The highest BCUT2D eigenvalue weighted by molar-refractivity contribution is 7.09. The summed E-state index contributed by atoms with van der Waals surface area (Å²) in [6, 6.07) is 1.80. The first kappa shape index (κ1) is 10.1. The Balaban J connectivity index is 2.04. The lowest BCUT2D eigenvalue weighted by Crippen LogP contribution is -2.01. The molecule has 78 valence electrons. The van der Waals surface area contributed by atoms with E-state index in [1.807, 2.05) is 6.20 Å². The van der Waals surface area contributed by atoms with Crippen LogP contribution in [0.4, 0.5) is 5.69 Å². The van der Waals surface area contributed by atoms with Crippen LogP contribution in [0.3, 0.4) is 0 Å². The largest absolute Gasteiger partial charge is 0.392 e. The predicted octanol–water partition coefficient (Wildman–Crippen LogP) is 1.64. The summed E-state index contributed by atoms with van der Waals surface area (Å²) in [6.07, 6.45) is 5.21. The van der Waals surface area contributed by atoms with Gasteiger partial charge in [0, 0.05) is 22.8 Å². The van der Waals surface area contributed by atoms with Gasteiger partial charge >= 0.3 is 0 Å². The van der Waals surface area contributed by atoms with Gasteiger partial charge < -0.3 is 10.4 Å². The summed E-state index contributed by atoms with van der Waals surface area (Å²) < 4.78 is 0. The molecule has 2 rings (SSSR count). The van der Waals surface area contributed by atoms with Crippen LogP contribution in [-0.4, -0.2) is 15.1 Å². The highest BCUT2D eigenvalue weighted by Gasteiger charge is 2.01. The van der Waals surface area contributed by atoms with E-state index in [0.29, 0.717) is 6.54 Å². The van der Waals surface area contributed by atoms with Crippen LogP contribution in [0, 0.1) is 0 Å². The minimum Gasteiger partial charge on any atom is -0.392 e. The number of pyridine rings is 1. The van der Waals surface area contributed by atoms with Gasteiger partial charge in [-0.2, -0.15) is 0 Å². The molecule has 0 spiro atoms. The molecular weight excluding hydrogens is 210 g/mol. The highest BCUT2D eigenvalue weighted by atomic mass is 32.1. The topological polar surface area (TPSA) is 58.0 Å². The van der Waals surface area contributed by atoms with E-state index in [1.165, 1.54) is 0 Å². The van der Waals surface area contributed by atoms with Gasteiger partial charge in [-0.1, -0.05) is 0 Å². The maximum absolute atomic E-state index is 9.10. The Morgan fingerprint density at radius 2 is 2.27 bits per heavy atom. The molecule has 0 saturated heterocycles. The number of nitrogens with zero attached hydrogens (tertiary/aromatic N) is 2. The molecule has 2 N–H and O–H groups in total. The summed E-state index contributed by atoms with van der Waals surface area (Å²) in [5, 5.41) is 12.3. The Morgan fingerprint density at radius 3 is 3.00 bits per heavy atom. The third kappa shape index (κ3) is 2.51. The Hall–Kier alpha value is -1.46. The lowest BCUT2D eigenvalue weighted by Gasteiger charge is -2.07. The summed E-state index contributed by atoms with van der Waals surface area (Å²) >= 11 is 1.60. The summed E-state index contributed by atoms with van der Waals surface area (Å²) in [5.74, 6) is 0. The monoisotopic (exact) mass is 221 g/mol. The average molecular weight is 221 g/mol. The SMILES string of the molecule is OCc1ccncc1NCc1cncs1. The van der Waals surface area contributed by atoms with E-state index in [4.69, 9.17) is 5.11 Å². The first-order valence-corrected chi connectivity index (χ1v) is 5.43. The fourth-order valence-corrected chi connectivity index (χ4v) is 1.77. The third-order valence-corrected chi connectivity index (χ3v) is 2.80. The standard InChI is InChI=1S/C10H11N3OS/c14-6-8-1-2-11-5-10(8)13-4-9-3-12-7-15-9/h1-3,5,7,13-14H,4,6H2. The minimum absolute atomic E-state index is 0.0214. The Bertz CT molecular complexity index is 416. The van der Waals surface area contributed by atoms with Crippen molar-refractivity contribution in [2.24, 2.45) is 0 Å². The first-order chi connectivity index (χ1) is 7.40. The van der Waals surface area contributed by atoms with Crippen LogP contribution in [0.15, 0.2) is 30.2 Å². The van der Waals surface area contributed by atoms with Gasteiger partial charge in [-0.05, 0) is 6.07 Å². The second kappa shape index (κ2) is 4.86. The molecule has 4 nitrogen and oxygen atoms in total. The molecule has 0 atom stereocenters. The van der Waals surface area contributed by atoms with Crippen LogP contribution in [0.1, 0.15) is 10.4 Å². The molecule has 0 saturated carbocycles. The minimum atomic E-state index is 0.0214. The van der Waals surface area contributed by atoms with Gasteiger partial charge in [0.1, 0.15) is 0 Å². The second-order valence-corrected chi connectivity index (χ2v) is 3.98. The number of aromatic nitrogens is 2.